The molecule has 0 aliphatic heterocycles. The zero-order valence-corrected chi connectivity index (χ0v) is 11.6. The fraction of sp³-hybridized carbons (Fsp3) is 0.538. The quantitative estimate of drug-likeness (QED) is 0.884. The minimum Gasteiger partial charge on any atom is -0.490 e. The third-order valence-corrected chi connectivity index (χ3v) is 3.12. The summed E-state index contributed by atoms with van der Waals surface area (Å²) in [5, 5.41) is 9.66. The van der Waals surface area contributed by atoms with Gasteiger partial charge >= 0.3 is 0 Å². The van der Waals surface area contributed by atoms with Gasteiger partial charge in [-0.15, -0.1) is 0 Å². The first-order valence-corrected chi connectivity index (χ1v) is 6.51. The van der Waals surface area contributed by atoms with Crippen LogP contribution in [-0.4, -0.2) is 11.2 Å². The van der Waals surface area contributed by atoms with E-state index in [9.17, 15) is 5.11 Å². The van der Waals surface area contributed by atoms with Crippen LogP contribution >= 0.6 is 15.9 Å². The van der Waals surface area contributed by atoms with Crippen LogP contribution in [0, 0.1) is 0 Å². The van der Waals surface area contributed by atoms with Crippen LogP contribution < -0.4 is 4.74 Å². The molecule has 0 fully saturated rings. The highest BCUT2D eigenvalue weighted by molar-refractivity contribution is 9.10. The molecule has 0 aliphatic rings. The molecule has 16 heavy (non-hydrogen) atoms. The Labute approximate surface area is 106 Å². The summed E-state index contributed by atoms with van der Waals surface area (Å²) in [5.74, 6) is 0.776. The summed E-state index contributed by atoms with van der Waals surface area (Å²) in [6.07, 6.45) is 1.66. The Morgan fingerprint density at radius 2 is 1.94 bits per heavy atom. The van der Waals surface area contributed by atoms with E-state index in [1.165, 1.54) is 0 Å². The molecular formula is C13H19BrO2. The third-order valence-electron chi connectivity index (χ3n) is 2.63. The van der Waals surface area contributed by atoms with Crippen molar-refractivity contribution in [3.05, 3.63) is 28.2 Å². The molecule has 0 spiro atoms. The fourth-order valence-electron chi connectivity index (χ4n) is 1.59. The second-order valence-electron chi connectivity index (χ2n) is 3.91. The van der Waals surface area contributed by atoms with Gasteiger partial charge in [0.05, 0.1) is 12.2 Å². The van der Waals surface area contributed by atoms with Crippen molar-refractivity contribution in [2.45, 2.75) is 45.8 Å². The van der Waals surface area contributed by atoms with Crippen LogP contribution in [0.25, 0.3) is 0 Å². The molecule has 0 saturated carbocycles. The summed E-state index contributed by atoms with van der Waals surface area (Å²) >= 11 is 3.42. The Hall–Kier alpha value is -0.540. The highest BCUT2D eigenvalue weighted by Gasteiger charge is 2.13. The smallest absolute Gasteiger partial charge is 0.126 e. The van der Waals surface area contributed by atoms with E-state index in [4.69, 9.17) is 4.74 Å². The van der Waals surface area contributed by atoms with Gasteiger partial charge in [-0.2, -0.15) is 0 Å². The fourth-order valence-corrected chi connectivity index (χ4v) is 1.93. The maximum absolute atomic E-state index is 9.66. The zero-order valence-electron chi connectivity index (χ0n) is 10.0. The second kappa shape index (κ2) is 6.26. The second-order valence-corrected chi connectivity index (χ2v) is 4.83. The normalized spacial score (nSPS) is 12.9. The van der Waals surface area contributed by atoms with E-state index in [1.54, 1.807) is 6.92 Å². The molecule has 0 amide bonds. The molecule has 90 valence electrons. The summed E-state index contributed by atoms with van der Waals surface area (Å²) in [5.41, 5.74) is 0.843. The lowest BCUT2D eigenvalue weighted by Gasteiger charge is -2.19. The summed E-state index contributed by atoms with van der Waals surface area (Å²) < 4.78 is 6.87. The third kappa shape index (κ3) is 3.49. The Kier molecular flexibility index (Phi) is 5.29. The number of rotatable bonds is 5. The molecule has 0 saturated heterocycles. The number of hydrogen-bond donors (Lipinski definition) is 1. The SMILES string of the molecule is CCC(CC)Oc1cc(Br)ccc1C(C)O. The molecule has 2 nitrogen and oxygen atoms in total. The Balaban J connectivity index is 2.95. The van der Waals surface area contributed by atoms with Crippen LogP contribution in [0.3, 0.4) is 0 Å². The molecule has 0 aromatic heterocycles. The molecular weight excluding hydrogens is 268 g/mol. The molecule has 1 atom stereocenters. The van der Waals surface area contributed by atoms with Gasteiger partial charge in [-0.25, -0.2) is 0 Å². The van der Waals surface area contributed by atoms with Crippen LogP contribution in [0.5, 0.6) is 5.75 Å². The van der Waals surface area contributed by atoms with Crippen molar-refractivity contribution in [3.8, 4) is 5.75 Å². The van der Waals surface area contributed by atoms with Crippen molar-refractivity contribution in [1.82, 2.24) is 0 Å². The first kappa shape index (κ1) is 13.5. The minimum atomic E-state index is -0.502. The van der Waals surface area contributed by atoms with E-state index >= 15 is 0 Å². The number of hydrogen-bond acceptors (Lipinski definition) is 2. The standard InChI is InChI=1S/C13H19BrO2/c1-4-11(5-2)16-13-8-10(14)6-7-12(13)9(3)15/h6-9,11,15H,4-5H2,1-3H3. The van der Waals surface area contributed by atoms with Crippen LogP contribution in [0.4, 0.5) is 0 Å². The van der Waals surface area contributed by atoms with Crippen molar-refractivity contribution >= 4 is 15.9 Å². The summed E-state index contributed by atoms with van der Waals surface area (Å²) in [7, 11) is 0. The molecule has 3 heteroatoms. The van der Waals surface area contributed by atoms with Crippen molar-refractivity contribution in [1.29, 1.82) is 0 Å². The van der Waals surface area contributed by atoms with Crippen molar-refractivity contribution < 1.29 is 9.84 Å². The van der Waals surface area contributed by atoms with Crippen LogP contribution in [0.15, 0.2) is 22.7 Å². The number of aliphatic hydroxyl groups is 1. The molecule has 1 N–H and O–H groups in total. The van der Waals surface area contributed by atoms with E-state index in [0.717, 1.165) is 28.6 Å². The first-order chi connectivity index (χ1) is 7.58. The van der Waals surface area contributed by atoms with E-state index in [0.29, 0.717) is 0 Å². The molecule has 1 aromatic rings. The minimum absolute atomic E-state index is 0.215. The summed E-state index contributed by atoms with van der Waals surface area (Å²) in [6.45, 7) is 5.96. The van der Waals surface area contributed by atoms with E-state index in [2.05, 4.69) is 29.8 Å². The monoisotopic (exact) mass is 286 g/mol. The predicted octanol–water partition coefficient (Wildman–Crippen LogP) is 4.07. The summed E-state index contributed by atoms with van der Waals surface area (Å²) in [6, 6.07) is 5.73. The molecule has 1 rings (SSSR count). The van der Waals surface area contributed by atoms with Gasteiger partial charge in [0, 0.05) is 10.0 Å². The predicted molar refractivity (Wildman–Crippen MR) is 69.8 cm³/mol. The van der Waals surface area contributed by atoms with Crippen LogP contribution in [0.1, 0.15) is 45.3 Å². The van der Waals surface area contributed by atoms with Gasteiger partial charge in [0.2, 0.25) is 0 Å². The number of ether oxygens (including phenoxy) is 1. The average molecular weight is 287 g/mol. The van der Waals surface area contributed by atoms with Gasteiger partial charge < -0.3 is 9.84 Å². The van der Waals surface area contributed by atoms with E-state index < -0.39 is 6.10 Å². The largest absolute Gasteiger partial charge is 0.490 e. The highest BCUT2D eigenvalue weighted by Crippen LogP contribution is 2.30. The van der Waals surface area contributed by atoms with Gasteiger partial charge in [-0.1, -0.05) is 35.8 Å². The molecule has 0 radical (unpaired) electrons. The Morgan fingerprint density at radius 1 is 1.31 bits per heavy atom. The van der Waals surface area contributed by atoms with Gasteiger partial charge in [0.25, 0.3) is 0 Å². The molecule has 0 heterocycles. The Bertz CT molecular complexity index is 333. The van der Waals surface area contributed by atoms with Gasteiger partial charge in [0.15, 0.2) is 0 Å². The van der Waals surface area contributed by atoms with Crippen molar-refractivity contribution in [3.63, 3.8) is 0 Å². The lowest BCUT2D eigenvalue weighted by atomic mass is 10.1. The topological polar surface area (TPSA) is 29.5 Å². The van der Waals surface area contributed by atoms with Gasteiger partial charge in [-0.3, -0.25) is 0 Å². The van der Waals surface area contributed by atoms with Gasteiger partial charge in [0.1, 0.15) is 5.75 Å². The zero-order chi connectivity index (χ0) is 12.1. The lowest BCUT2D eigenvalue weighted by molar-refractivity contribution is 0.166. The maximum atomic E-state index is 9.66. The Morgan fingerprint density at radius 3 is 2.44 bits per heavy atom. The molecule has 1 aromatic carbocycles. The van der Waals surface area contributed by atoms with Crippen LogP contribution in [-0.2, 0) is 0 Å². The van der Waals surface area contributed by atoms with Crippen molar-refractivity contribution in [2.75, 3.05) is 0 Å². The van der Waals surface area contributed by atoms with Gasteiger partial charge in [-0.05, 0) is 31.9 Å². The van der Waals surface area contributed by atoms with Crippen LogP contribution in [0.2, 0.25) is 0 Å². The number of halogens is 1. The molecule has 0 aliphatic carbocycles. The first-order valence-electron chi connectivity index (χ1n) is 5.72. The van der Waals surface area contributed by atoms with E-state index in [-0.39, 0.29) is 6.10 Å². The van der Waals surface area contributed by atoms with E-state index in [1.807, 2.05) is 18.2 Å². The molecule has 0 bridgehead atoms. The average Bonchev–Trinajstić information content (AvgIpc) is 2.25. The number of aliphatic hydroxyl groups excluding tert-OH is 1. The highest BCUT2D eigenvalue weighted by atomic mass is 79.9. The molecule has 1 unspecified atom stereocenters. The number of benzene rings is 1. The lowest BCUT2D eigenvalue weighted by Crippen LogP contribution is -2.15. The summed E-state index contributed by atoms with van der Waals surface area (Å²) in [4.78, 5) is 0. The van der Waals surface area contributed by atoms with Crippen molar-refractivity contribution in [2.24, 2.45) is 0 Å². The maximum Gasteiger partial charge on any atom is 0.126 e.